The number of nitrogens with zero attached hydrogens (tertiary/aromatic N) is 1. The SMILES string of the molecule is CC(C)(C#N)c1c[nH]c2ccc(F)cc12. The van der Waals surface area contributed by atoms with Gasteiger partial charge < -0.3 is 4.98 Å². The Balaban J connectivity index is 2.74. The van der Waals surface area contributed by atoms with Crippen molar-refractivity contribution in [1.29, 1.82) is 5.26 Å². The van der Waals surface area contributed by atoms with Gasteiger partial charge in [-0.3, -0.25) is 0 Å². The van der Waals surface area contributed by atoms with Crippen LogP contribution in [0.3, 0.4) is 0 Å². The zero-order valence-corrected chi connectivity index (χ0v) is 8.63. The number of hydrogen-bond acceptors (Lipinski definition) is 1. The van der Waals surface area contributed by atoms with Crippen LogP contribution in [0.1, 0.15) is 19.4 Å². The fraction of sp³-hybridized carbons (Fsp3) is 0.250. The third-order valence-corrected chi connectivity index (χ3v) is 2.60. The van der Waals surface area contributed by atoms with E-state index in [1.807, 2.05) is 13.8 Å². The fourth-order valence-electron chi connectivity index (χ4n) is 1.67. The van der Waals surface area contributed by atoms with Crippen LogP contribution in [-0.4, -0.2) is 4.98 Å². The van der Waals surface area contributed by atoms with Crippen molar-refractivity contribution in [2.24, 2.45) is 0 Å². The zero-order chi connectivity index (χ0) is 11.1. The fourth-order valence-corrected chi connectivity index (χ4v) is 1.67. The third kappa shape index (κ3) is 1.48. The second kappa shape index (κ2) is 3.09. The minimum Gasteiger partial charge on any atom is -0.361 e. The molecule has 1 heterocycles. The minimum atomic E-state index is -0.605. The highest BCUT2D eigenvalue weighted by molar-refractivity contribution is 5.84. The van der Waals surface area contributed by atoms with Gasteiger partial charge in [-0.25, -0.2) is 4.39 Å². The summed E-state index contributed by atoms with van der Waals surface area (Å²) in [6, 6.07) is 6.76. The minimum absolute atomic E-state index is 0.280. The number of rotatable bonds is 1. The van der Waals surface area contributed by atoms with Crippen LogP contribution >= 0.6 is 0 Å². The van der Waals surface area contributed by atoms with Gasteiger partial charge in [0.2, 0.25) is 0 Å². The predicted molar refractivity (Wildman–Crippen MR) is 56.9 cm³/mol. The Hall–Kier alpha value is -1.82. The molecule has 0 spiro atoms. The topological polar surface area (TPSA) is 39.6 Å². The molecule has 76 valence electrons. The summed E-state index contributed by atoms with van der Waals surface area (Å²) in [6.45, 7) is 3.64. The maximum atomic E-state index is 13.1. The molecule has 0 fully saturated rings. The van der Waals surface area contributed by atoms with Crippen LogP contribution in [0.4, 0.5) is 4.39 Å². The number of hydrogen-bond donors (Lipinski definition) is 1. The molecule has 2 nitrogen and oxygen atoms in total. The van der Waals surface area contributed by atoms with Gasteiger partial charge in [0.05, 0.1) is 11.5 Å². The van der Waals surface area contributed by atoms with Gasteiger partial charge in [-0.05, 0) is 37.6 Å². The van der Waals surface area contributed by atoms with Crippen LogP contribution in [0, 0.1) is 17.1 Å². The van der Waals surface area contributed by atoms with Crippen LogP contribution in [0.2, 0.25) is 0 Å². The molecule has 0 radical (unpaired) electrons. The Morgan fingerprint density at radius 2 is 2.13 bits per heavy atom. The van der Waals surface area contributed by atoms with Crippen molar-refractivity contribution in [3.63, 3.8) is 0 Å². The van der Waals surface area contributed by atoms with Crippen molar-refractivity contribution in [1.82, 2.24) is 4.98 Å². The Morgan fingerprint density at radius 3 is 2.80 bits per heavy atom. The number of aromatic nitrogens is 1. The van der Waals surface area contributed by atoms with E-state index in [1.165, 1.54) is 12.1 Å². The first kappa shape index (κ1) is 9.72. The van der Waals surface area contributed by atoms with Crippen molar-refractivity contribution in [3.05, 3.63) is 35.8 Å². The van der Waals surface area contributed by atoms with Crippen molar-refractivity contribution in [3.8, 4) is 6.07 Å². The van der Waals surface area contributed by atoms with E-state index in [0.717, 1.165) is 16.5 Å². The largest absolute Gasteiger partial charge is 0.361 e. The molecule has 1 aromatic heterocycles. The molecule has 3 heteroatoms. The summed E-state index contributed by atoms with van der Waals surface area (Å²) in [6.07, 6.45) is 1.77. The van der Waals surface area contributed by atoms with E-state index in [2.05, 4.69) is 11.1 Å². The lowest BCUT2D eigenvalue weighted by Crippen LogP contribution is -2.12. The standard InChI is InChI=1S/C12H11FN2/c1-12(2,7-14)10-6-15-11-4-3-8(13)5-9(10)11/h3-6,15H,1-2H3. The number of benzene rings is 1. The normalized spacial score (nSPS) is 11.6. The van der Waals surface area contributed by atoms with Crippen molar-refractivity contribution >= 4 is 10.9 Å². The monoisotopic (exact) mass is 202 g/mol. The molecule has 15 heavy (non-hydrogen) atoms. The van der Waals surface area contributed by atoms with Gasteiger partial charge in [-0.2, -0.15) is 5.26 Å². The summed E-state index contributed by atoms with van der Waals surface area (Å²) in [7, 11) is 0. The molecule has 0 aliphatic carbocycles. The average Bonchev–Trinajstić information content (AvgIpc) is 2.61. The molecular formula is C12H11FN2. The lowest BCUT2D eigenvalue weighted by Gasteiger charge is -2.13. The Bertz CT molecular complexity index is 546. The second-order valence-electron chi connectivity index (χ2n) is 4.13. The molecular weight excluding hydrogens is 191 g/mol. The van der Waals surface area contributed by atoms with Crippen LogP contribution in [0.25, 0.3) is 10.9 Å². The summed E-state index contributed by atoms with van der Waals surface area (Å²) in [5.41, 5.74) is 1.08. The van der Waals surface area contributed by atoms with E-state index < -0.39 is 5.41 Å². The highest BCUT2D eigenvalue weighted by Gasteiger charge is 2.23. The number of fused-ring (bicyclic) bond motifs is 1. The van der Waals surface area contributed by atoms with Gasteiger partial charge in [-0.1, -0.05) is 0 Å². The van der Waals surface area contributed by atoms with Crippen molar-refractivity contribution in [2.45, 2.75) is 19.3 Å². The highest BCUT2D eigenvalue weighted by Crippen LogP contribution is 2.30. The molecule has 1 aromatic carbocycles. The number of halogens is 1. The summed E-state index contributed by atoms with van der Waals surface area (Å²) in [5, 5.41) is 9.82. The molecule has 0 bridgehead atoms. The summed E-state index contributed by atoms with van der Waals surface area (Å²) in [5.74, 6) is -0.280. The highest BCUT2D eigenvalue weighted by atomic mass is 19.1. The molecule has 0 atom stereocenters. The molecule has 0 aliphatic rings. The average molecular weight is 202 g/mol. The summed E-state index contributed by atoms with van der Waals surface area (Å²) in [4.78, 5) is 3.04. The van der Waals surface area contributed by atoms with Gasteiger partial charge in [0, 0.05) is 17.1 Å². The van der Waals surface area contributed by atoms with E-state index in [1.54, 1.807) is 12.3 Å². The molecule has 1 N–H and O–H groups in total. The van der Waals surface area contributed by atoms with Gasteiger partial charge in [-0.15, -0.1) is 0 Å². The van der Waals surface area contributed by atoms with Gasteiger partial charge in [0.15, 0.2) is 0 Å². The molecule has 0 unspecified atom stereocenters. The Morgan fingerprint density at radius 1 is 1.40 bits per heavy atom. The second-order valence-corrected chi connectivity index (χ2v) is 4.13. The molecule has 0 aliphatic heterocycles. The number of nitriles is 1. The van der Waals surface area contributed by atoms with Crippen LogP contribution < -0.4 is 0 Å². The summed E-state index contributed by atoms with van der Waals surface area (Å²) < 4.78 is 13.1. The van der Waals surface area contributed by atoms with Crippen LogP contribution in [0.5, 0.6) is 0 Å². The Labute approximate surface area is 87.3 Å². The van der Waals surface area contributed by atoms with E-state index in [0.29, 0.717) is 0 Å². The first-order valence-electron chi connectivity index (χ1n) is 4.73. The smallest absolute Gasteiger partial charge is 0.123 e. The molecule has 2 aromatic rings. The first-order valence-corrected chi connectivity index (χ1v) is 4.73. The maximum Gasteiger partial charge on any atom is 0.123 e. The van der Waals surface area contributed by atoms with E-state index in [-0.39, 0.29) is 5.82 Å². The summed E-state index contributed by atoms with van der Waals surface area (Å²) >= 11 is 0. The van der Waals surface area contributed by atoms with Crippen LogP contribution in [0.15, 0.2) is 24.4 Å². The maximum absolute atomic E-state index is 13.1. The van der Waals surface area contributed by atoms with E-state index in [4.69, 9.17) is 5.26 Å². The van der Waals surface area contributed by atoms with Crippen LogP contribution in [-0.2, 0) is 5.41 Å². The molecule has 0 saturated heterocycles. The molecule has 0 amide bonds. The van der Waals surface area contributed by atoms with Gasteiger partial charge in [0.25, 0.3) is 0 Å². The Kier molecular flexibility index (Phi) is 2.01. The van der Waals surface area contributed by atoms with Crippen molar-refractivity contribution in [2.75, 3.05) is 0 Å². The quantitative estimate of drug-likeness (QED) is 0.758. The number of nitrogens with one attached hydrogen (secondary N) is 1. The van der Waals surface area contributed by atoms with E-state index >= 15 is 0 Å². The number of aromatic amines is 1. The predicted octanol–water partition coefficient (Wildman–Crippen LogP) is 3.11. The molecule has 2 rings (SSSR count). The van der Waals surface area contributed by atoms with Crippen molar-refractivity contribution < 1.29 is 4.39 Å². The lowest BCUT2D eigenvalue weighted by atomic mass is 9.86. The van der Waals surface area contributed by atoms with Gasteiger partial charge in [0.1, 0.15) is 5.82 Å². The van der Waals surface area contributed by atoms with E-state index in [9.17, 15) is 4.39 Å². The lowest BCUT2D eigenvalue weighted by molar-refractivity contribution is 0.629. The van der Waals surface area contributed by atoms with Gasteiger partial charge >= 0.3 is 0 Å². The molecule has 0 saturated carbocycles. The first-order chi connectivity index (χ1) is 7.04. The third-order valence-electron chi connectivity index (χ3n) is 2.60. The zero-order valence-electron chi connectivity index (χ0n) is 8.63. The number of H-pyrrole nitrogens is 1.